The average molecular weight is 374 g/mol. The van der Waals surface area contributed by atoms with Gasteiger partial charge in [0.15, 0.2) is 0 Å². The van der Waals surface area contributed by atoms with Crippen LogP contribution in [-0.4, -0.2) is 69.9 Å². The van der Waals surface area contributed by atoms with Crippen molar-refractivity contribution in [2.75, 3.05) is 26.4 Å². The predicted molar refractivity (Wildman–Crippen MR) is 95.7 cm³/mol. The van der Waals surface area contributed by atoms with E-state index in [4.69, 9.17) is 25.3 Å². The van der Waals surface area contributed by atoms with Crippen LogP contribution in [0, 0.1) is 0 Å². The zero-order valence-electron chi connectivity index (χ0n) is 14.8. The Balaban J connectivity index is 1.56. The number of ether oxygens (including phenoxy) is 3. The average Bonchev–Trinajstić information content (AvgIpc) is 2.71. The van der Waals surface area contributed by atoms with Gasteiger partial charge in [0.05, 0.1) is 26.1 Å². The molecule has 144 valence electrons. The summed E-state index contributed by atoms with van der Waals surface area (Å²) < 4.78 is 16.1. The first-order chi connectivity index (χ1) is 13.1. The Morgan fingerprint density at radius 3 is 1.56 bits per heavy atom. The van der Waals surface area contributed by atoms with Gasteiger partial charge in [0.2, 0.25) is 0 Å². The Morgan fingerprint density at radius 2 is 1.22 bits per heavy atom. The second-order valence-electron chi connectivity index (χ2n) is 5.94. The summed E-state index contributed by atoms with van der Waals surface area (Å²) in [6.07, 6.45) is 9.27. The third kappa shape index (κ3) is 7.53. The Bertz CT molecular complexity index is 681. The molecule has 0 aliphatic heterocycles. The summed E-state index contributed by atoms with van der Waals surface area (Å²) in [5.74, 6) is 1.16. The van der Waals surface area contributed by atoms with Crippen LogP contribution in [0.25, 0.3) is 11.1 Å². The maximum Gasteiger partial charge on any atom is 0.296 e. The van der Waals surface area contributed by atoms with Crippen LogP contribution in [0.15, 0.2) is 48.0 Å². The molecule has 9 nitrogen and oxygen atoms in total. The van der Waals surface area contributed by atoms with E-state index in [0.717, 1.165) is 0 Å². The molecule has 0 spiro atoms. The van der Waals surface area contributed by atoms with Crippen LogP contribution in [0.5, 0.6) is 0 Å². The van der Waals surface area contributed by atoms with Gasteiger partial charge in [0, 0.05) is 12.2 Å². The normalized spacial score (nSPS) is 18.1. The monoisotopic (exact) mass is 374 g/mol. The molecular weight excluding hydrogens is 352 g/mol. The third-order valence-electron chi connectivity index (χ3n) is 3.67. The van der Waals surface area contributed by atoms with Crippen LogP contribution in [0.2, 0.25) is 0 Å². The first-order valence-electron chi connectivity index (χ1n) is 8.48. The molecule has 0 fully saturated rings. The van der Waals surface area contributed by atoms with Crippen molar-refractivity contribution in [2.24, 2.45) is 0 Å². The fourth-order valence-corrected chi connectivity index (χ4v) is 2.22. The highest BCUT2D eigenvalue weighted by atomic mass is 16.5. The van der Waals surface area contributed by atoms with Crippen LogP contribution >= 0.6 is 0 Å². The summed E-state index contributed by atoms with van der Waals surface area (Å²) in [6.45, 7) is 0.105. The minimum Gasteiger partial charge on any atom is -0.491 e. The van der Waals surface area contributed by atoms with Gasteiger partial charge >= 0.3 is 0 Å². The highest BCUT2D eigenvalue weighted by Gasteiger charge is 2.14. The fraction of sp³-hybridized carbons (Fsp3) is 0.444. The van der Waals surface area contributed by atoms with E-state index in [2.05, 4.69) is 9.58 Å². The van der Waals surface area contributed by atoms with E-state index in [9.17, 15) is 10.2 Å². The van der Waals surface area contributed by atoms with Crippen molar-refractivity contribution >= 4 is 11.4 Å². The minimum absolute atomic E-state index is 0.0102. The topological polar surface area (TPSA) is 141 Å². The maximum atomic E-state index is 9.85. The SMILES string of the molecule is [N-]=[N+]=C1C=CC(OCC(O)COCC(O)COC2=CCC(=[N+]=[N-])C=C2)=CC1. The maximum absolute atomic E-state index is 9.85. The van der Waals surface area contributed by atoms with Crippen LogP contribution in [0.4, 0.5) is 0 Å². The summed E-state index contributed by atoms with van der Waals surface area (Å²) in [7, 11) is 0. The summed E-state index contributed by atoms with van der Waals surface area (Å²) in [5, 5.41) is 19.7. The number of aliphatic hydroxyl groups excluding tert-OH is 2. The first kappa shape index (κ1) is 20.5. The largest absolute Gasteiger partial charge is 0.491 e. The summed E-state index contributed by atoms with van der Waals surface area (Å²) >= 11 is 0. The van der Waals surface area contributed by atoms with Gasteiger partial charge in [-0.05, 0) is 24.3 Å². The molecule has 0 amide bonds. The fourth-order valence-electron chi connectivity index (χ4n) is 2.22. The Labute approximate surface area is 156 Å². The van der Waals surface area contributed by atoms with Gasteiger partial charge in [-0.2, -0.15) is 9.58 Å². The summed E-state index contributed by atoms with van der Waals surface area (Å²) in [6, 6.07) is 0. The molecule has 0 aromatic rings. The molecule has 2 aliphatic rings. The summed E-state index contributed by atoms with van der Waals surface area (Å²) in [4.78, 5) is 6.18. The lowest BCUT2D eigenvalue weighted by Crippen LogP contribution is -2.27. The van der Waals surface area contributed by atoms with Crippen molar-refractivity contribution in [1.82, 2.24) is 0 Å². The van der Waals surface area contributed by atoms with Gasteiger partial charge in [-0.1, -0.05) is 0 Å². The van der Waals surface area contributed by atoms with E-state index in [1.54, 1.807) is 36.5 Å². The van der Waals surface area contributed by atoms with Crippen molar-refractivity contribution in [3.8, 4) is 0 Å². The van der Waals surface area contributed by atoms with Crippen molar-refractivity contribution in [3.63, 3.8) is 0 Å². The van der Waals surface area contributed by atoms with Gasteiger partial charge in [-0.3, -0.25) is 0 Å². The molecule has 2 N–H and O–H groups in total. The van der Waals surface area contributed by atoms with E-state index in [1.165, 1.54) is 0 Å². The van der Waals surface area contributed by atoms with Gasteiger partial charge in [0.1, 0.15) is 36.9 Å². The second kappa shape index (κ2) is 11.0. The zero-order chi connectivity index (χ0) is 19.5. The smallest absolute Gasteiger partial charge is 0.296 e. The second-order valence-corrected chi connectivity index (χ2v) is 5.94. The third-order valence-corrected chi connectivity index (χ3v) is 3.67. The van der Waals surface area contributed by atoms with Crippen LogP contribution < -0.4 is 0 Å². The lowest BCUT2D eigenvalue weighted by atomic mass is 10.1. The molecule has 2 rings (SSSR count). The number of rotatable bonds is 10. The lowest BCUT2D eigenvalue weighted by Gasteiger charge is -2.16. The van der Waals surface area contributed by atoms with E-state index >= 15 is 0 Å². The molecule has 27 heavy (non-hydrogen) atoms. The zero-order valence-corrected chi connectivity index (χ0v) is 14.8. The molecule has 0 radical (unpaired) electrons. The number of nitrogens with zero attached hydrogens (tertiary/aromatic N) is 4. The molecule has 9 heteroatoms. The number of aliphatic hydroxyl groups is 2. The molecule has 0 heterocycles. The molecule has 2 aliphatic carbocycles. The molecule has 2 atom stereocenters. The standard InChI is InChI=1S/C18H22N4O5/c19-21-13-1-5-17(6-2-13)26-11-15(23)9-25-10-16(24)12-27-18-7-3-14(22-20)4-8-18/h1,3,5-8,15-16,23-24H,2,4,9-12H2. The van der Waals surface area contributed by atoms with Crippen molar-refractivity contribution in [1.29, 1.82) is 0 Å². The molecule has 0 aromatic carbocycles. The highest BCUT2D eigenvalue weighted by molar-refractivity contribution is 5.93. The van der Waals surface area contributed by atoms with Gasteiger partial charge in [0.25, 0.3) is 11.4 Å². The van der Waals surface area contributed by atoms with Crippen molar-refractivity contribution < 1.29 is 34.0 Å². The highest BCUT2D eigenvalue weighted by Crippen LogP contribution is 2.10. The molecular formula is C18H22N4O5. The van der Waals surface area contributed by atoms with Crippen LogP contribution in [0.1, 0.15) is 12.8 Å². The Hall–Kier alpha value is -2.80. The molecule has 2 unspecified atom stereocenters. The molecule has 0 saturated carbocycles. The quantitative estimate of drug-likeness (QED) is 0.429. The van der Waals surface area contributed by atoms with E-state index in [0.29, 0.717) is 35.8 Å². The Morgan fingerprint density at radius 1 is 0.778 bits per heavy atom. The Kier molecular flexibility index (Phi) is 8.38. The predicted octanol–water partition coefficient (Wildman–Crippen LogP) is 0.787. The molecule has 0 aromatic heterocycles. The van der Waals surface area contributed by atoms with Crippen molar-refractivity contribution in [3.05, 3.63) is 59.0 Å². The van der Waals surface area contributed by atoms with Crippen LogP contribution in [-0.2, 0) is 14.2 Å². The van der Waals surface area contributed by atoms with Crippen LogP contribution in [0.3, 0.4) is 0 Å². The molecule has 0 saturated heterocycles. The number of hydrogen-bond donors (Lipinski definition) is 2. The number of hydrogen-bond acceptors (Lipinski definition) is 5. The van der Waals surface area contributed by atoms with E-state index < -0.39 is 12.2 Å². The lowest BCUT2D eigenvalue weighted by molar-refractivity contribution is -0.0424. The first-order valence-corrected chi connectivity index (χ1v) is 8.48. The number of allylic oxidation sites excluding steroid dienone is 6. The van der Waals surface area contributed by atoms with E-state index in [-0.39, 0.29) is 26.4 Å². The minimum atomic E-state index is -0.847. The van der Waals surface area contributed by atoms with Gasteiger partial charge in [-0.25, -0.2) is 0 Å². The van der Waals surface area contributed by atoms with Gasteiger partial charge < -0.3 is 35.5 Å². The van der Waals surface area contributed by atoms with Gasteiger partial charge in [-0.15, -0.1) is 0 Å². The molecule has 0 bridgehead atoms. The summed E-state index contributed by atoms with van der Waals surface area (Å²) in [5.41, 5.74) is 18.3. The van der Waals surface area contributed by atoms with E-state index in [1.807, 2.05) is 0 Å². The van der Waals surface area contributed by atoms with Crippen molar-refractivity contribution in [2.45, 2.75) is 25.0 Å².